The number of fused-ring (bicyclic) bond motifs is 1. The van der Waals surface area contributed by atoms with Crippen LogP contribution in [0.3, 0.4) is 0 Å². The summed E-state index contributed by atoms with van der Waals surface area (Å²) in [6.45, 7) is 5.61. The standard InChI is InChI=1S/C20H21N3O2S/c1-14-4-5-17-15(11-14)12-16(19(24)21-17)13-22-6-8-23(9-7-22)20(25)18-3-2-10-26-18/h2-5,10-12H,6-9,13H2,1H3,(H,21,24). The van der Waals surface area contributed by atoms with Gasteiger partial charge in [0.25, 0.3) is 11.5 Å². The lowest BCUT2D eigenvalue weighted by Gasteiger charge is -2.34. The van der Waals surface area contributed by atoms with Gasteiger partial charge in [-0.25, -0.2) is 0 Å². The van der Waals surface area contributed by atoms with E-state index in [1.807, 2.05) is 47.5 Å². The summed E-state index contributed by atoms with van der Waals surface area (Å²) in [6.07, 6.45) is 0. The van der Waals surface area contributed by atoms with Crippen LogP contribution in [0.4, 0.5) is 0 Å². The van der Waals surface area contributed by atoms with Crippen LogP contribution in [-0.2, 0) is 6.54 Å². The van der Waals surface area contributed by atoms with Gasteiger partial charge in [-0.2, -0.15) is 0 Å². The maximum absolute atomic E-state index is 12.4. The van der Waals surface area contributed by atoms with Crippen molar-refractivity contribution in [3.8, 4) is 0 Å². The van der Waals surface area contributed by atoms with Gasteiger partial charge < -0.3 is 9.88 Å². The van der Waals surface area contributed by atoms with Crippen LogP contribution in [0.2, 0.25) is 0 Å². The molecule has 1 saturated heterocycles. The van der Waals surface area contributed by atoms with E-state index in [0.717, 1.165) is 34.4 Å². The highest BCUT2D eigenvalue weighted by Crippen LogP contribution is 2.16. The molecule has 1 amide bonds. The van der Waals surface area contributed by atoms with Crippen molar-refractivity contribution in [1.82, 2.24) is 14.8 Å². The molecule has 2 aromatic heterocycles. The van der Waals surface area contributed by atoms with Gasteiger partial charge in [0.15, 0.2) is 0 Å². The van der Waals surface area contributed by atoms with Gasteiger partial charge in [-0.05, 0) is 42.0 Å². The second kappa shape index (κ2) is 7.05. The Morgan fingerprint density at radius 1 is 1.15 bits per heavy atom. The lowest BCUT2D eigenvalue weighted by Crippen LogP contribution is -2.48. The molecule has 134 valence electrons. The van der Waals surface area contributed by atoms with Crippen LogP contribution in [0.25, 0.3) is 10.9 Å². The second-order valence-electron chi connectivity index (χ2n) is 6.76. The van der Waals surface area contributed by atoms with E-state index < -0.39 is 0 Å². The van der Waals surface area contributed by atoms with E-state index in [4.69, 9.17) is 0 Å². The number of carbonyl (C=O) groups excluding carboxylic acids is 1. The number of H-pyrrole nitrogens is 1. The molecule has 5 nitrogen and oxygen atoms in total. The second-order valence-corrected chi connectivity index (χ2v) is 7.71. The number of aryl methyl sites for hydroxylation is 1. The van der Waals surface area contributed by atoms with Gasteiger partial charge in [0.1, 0.15) is 0 Å². The Kier molecular flexibility index (Phi) is 4.61. The predicted octanol–water partition coefficient (Wildman–Crippen LogP) is 2.86. The van der Waals surface area contributed by atoms with Crippen LogP contribution in [0.1, 0.15) is 20.8 Å². The Bertz CT molecular complexity index is 986. The number of aromatic nitrogens is 1. The molecule has 0 unspecified atom stereocenters. The fourth-order valence-corrected chi connectivity index (χ4v) is 4.09. The number of hydrogen-bond donors (Lipinski definition) is 1. The van der Waals surface area contributed by atoms with Crippen molar-refractivity contribution >= 4 is 28.1 Å². The number of aromatic amines is 1. The largest absolute Gasteiger partial charge is 0.335 e. The number of pyridine rings is 1. The molecule has 1 N–H and O–H groups in total. The van der Waals surface area contributed by atoms with E-state index in [2.05, 4.69) is 16.0 Å². The van der Waals surface area contributed by atoms with Crippen LogP contribution in [0.15, 0.2) is 46.6 Å². The predicted molar refractivity (Wildman–Crippen MR) is 105 cm³/mol. The van der Waals surface area contributed by atoms with E-state index in [1.165, 1.54) is 16.9 Å². The Balaban J connectivity index is 1.44. The number of nitrogens with zero attached hydrogens (tertiary/aromatic N) is 2. The number of rotatable bonds is 3. The topological polar surface area (TPSA) is 56.4 Å². The lowest BCUT2D eigenvalue weighted by molar-refractivity contribution is 0.0633. The molecule has 6 heteroatoms. The minimum absolute atomic E-state index is 0.0292. The van der Waals surface area contributed by atoms with Gasteiger partial charge in [-0.15, -0.1) is 11.3 Å². The van der Waals surface area contributed by atoms with E-state index in [-0.39, 0.29) is 11.5 Å². The number of benzene rings is 1. The fourth-order valence-electron chi connectivity index (χ4n) is 3.39. The number of piperazine rings is 1. The molecular weight excluding hydrogens is 346 g/mol. The van der Waals surface area contributed by atoms with Gasteiger partial charge in [0.05, 0.1) is 4.88 Å². The lowest BCUT2D eigenvalue weighted by atomic mass is 10.1. The van der Waals surface area contributed by atoms with E-state index in [9.17, 15) is 9.59 Å². The Morgan fingerprint density at radius 3 is 2.69 bits per heavy atom. The summed E-state index contributed by atoms with van der Waals surface area (Å²) < 4.78 is 0. The molecule has 0 atom stereocenters. The molecule has 1 aliphatic rings. The van der Waals surface area contributed by atoms with Crippen molar-refractivity contribution in [3.05, 3.63) is 68.1 Å². The van der Waals surface area contributed by atoms with Crippen LogP contribution >= 0.6 is 11.3 Å². The minimum atomic E-state index is -0.0292. The van der Waals surface area contributed by atoms with Gasteiger partial charge in [0, 0.05) is 43.8 Å². The minimum Gasteiger partial charge on any atom is -0.335 e. The number of amides is 1. The van der Waals surface area contributed by atoms with Gasteiger partial charge in [-0.1, -0.05) is 17.7 Å². The smallest absolute Gasteiger partial charge is 0.264 e. The molecule has 3 heterocycles. The van der Waals surface area contributed by atoms with Gasteiger partial charge >= 0.3 is 0 Å². The first-order valence-corrected chi connectivity index (χ1v) is 9.66. The first-order valence-electron chi connectivity index (χ1n) is 8.78. The molecule has 1 aromatic carbocycles. The zero-order valence-corrected chi connectivity index (χ0v) is 15.5. The van der Waals surface area contributed by atoms with Crippen LogP contribution in [0.5, 0.6) is 0 Å². The van der Waals surface area contributed by atoms with Crippen molar-refractivity contribution in [2.24, 2.45) is 0 Å². The number of nitrogens with one attached hydrogen (secondary N) is 1. The number of hydrogen-bond acceptors (Lipinski definition) is 4. The summed E-state index contributed by atoms with van der Waals surface area (Å²) in [4.78, 5) is 32.7. The summed E-state index contributed by atoms with van der Waals surface area (Å²) in [5.41, 5.74) is 2.80. The third-order valence-electron chi connectivity index (χ3n) is 4.86. The molecule has 0 saturated carbocycles. The maximum Gasteiger partial charge on any atom is 0.264 e. The van der Waals surface area contributed by atoms with Crippen molar-refractivity contribution in [1.29, 1.82) is 0 Å². The average Bonchev–Trinajstić information content (AvgIpc) is 3.17. The van der Waals surface area contributed by atoms with Gasteiger partial charge in [0.2, 0.25) is 0 Å². The number of carbonyl (C=O) groups is 1. The third kappa shape index (κ3) is 3.43. The number of thiophene rings is 1. The van der Waals surface area contributed by atoms with Crippen molar-refractivity contribution in [3.63, 3.8) is 0 Å². The third-order valence-corrected chi connectivity index (χ3v) is 5.72. The summed E-state index contributed by atoms with van der Waals surface area (Å²) in [5.74, 6) is 0.110. The fraction of sp³-hybridized carbons (Fsp3) is 0.300. The van der Waals surface area contributed by atoms with E-state index in [1.54, 1.807) is 0 Å². The molecule has 1 aliphatic heterocycles. The van der Waals surface area contributed by atoms with Gasteiger partial charge in [-0.3, -0.25) is 14.5 Å². The molecule has 0 bridgehead atoms. The zero-order chi connectivity index (χ0) is 18.1. The quantitative estimate of drug-likeness (QED) is 0.774. The van der Waals surface area contributed by atoms with Crippen molar-refractivity contribution < 1.29 is 4.79 Å². The highest BCUT2D eigenvalue weighted by Gasteiger charge is 2.23. The summed E-state index contributed by atoms with van der Waals surface area (Å²) >= 11 is 1.48. The van der Waals surface area contributed by atoms with E-state index >= 15 is 0 Å². The average molecular weight is 367 g/mol. The molecule has 26 heavy (non-hydrogen) atoms. The molecule has 0 spiro atoms. The molecule has 4 rings (SSSR count). The van der Waals surface area contributed by atoms with Crippen LogP contribution < -0.4 is 5.56 Å². The first-order chi connectivity index (χ1) is 12.6. The Hall–Kier alpha value is -2.44. The SMILES string of the molecule is Cc1ccc2[nH]c(=O)c(CN3CCN(C(=O)c4cccs4)CC3)cc2c1. The zero-order valence-electron chi connectivity index (χ0n) is 14.7. The van der Waals surface area contributed by atoms with E-state index in [0.29, 0.717) is 19.6 Å². The molecule has 3 aromatic rings. The Labute approximate surface area is 155 Å². The molecule has 0 aliphatic carbocycles. The first kappa shape index (κ1) is 17.0. The summed E-state index contributed by atoms with van der Waals surface area (Å²) in [6, 6.07) is 11.8. The molecule has 0 radical (unpaired) electrons. The monoisotopic (exact) mass is 367 g/mol. The summed E-state index contributed by atoms with van der Waals surface area (Å²) in [7, 11) is 0. The van der Waals surface area contributed by atoms with Crippen molar-refractivity contribution in [2.75, 3.05) is 26.2 Å². The van der Waals surface area contributed by atoms with Crippen LogP contribution in [0, 0.1) is 6.92 Å². The van der Waals surface area contributed by atoms with Crippen molar-refractivity contribution in [2.45, 2.75) is 13.5 Å². The van der Waals surface area contributed by atoms with Crippen LogP contribution in [-0.4, -0.2) is 46.9 Å². The highest BCUT2D eigenvalue weighted by atomic mass is 32.1. The molecular formula is C20H21N3O2S. The highest BCUT2D eigenvalue weighted by molar-refractivity contribution is 7.12. The normalized spacial score (nSPS) is 15.5. The summed E-state index contributed by atoms with van der Waals surface area (Å²) in [5, 5.41) is 2.99. The molecule has 1 fully saturated rings. The Morgan fingerprint density at radius 2 is 1.96 bits per heavy atom. The maximum atomic E-state index is 12.4.